The van der Waals surface area contributed by atoms with Gasteiger partial charge in [0, 0.05) is 30.2 Å². The Hall–Kier alpha value is -2.94. The molecular formula is C22H26N6O2S. The van der Waals surface area contributed by atoms with Gasteiger partial charge in [0.1, 0.15) is 5.75 Å². The van der Waals surface area contributed by atoms with Crippen LogP contribution in [0, 0.1) is 13.8 Å². The molecule has 0 spiro atoms. The van der Waals surface area contributed by atoms with Crippen molar-refractivity contribution in [2.24, 2.45) is 0 Å². The summed E-state index contributed by atoms with van der Waals surface area (Å²) in [5.41, 5.74) is 3.80. The van der Waals surface area contributed by atoms with E-state index in [-0.39, 0.29) is 5.91 Å². The molecule has 0 atom stereocenters. The van der Waals surface area contributed by atoms with Gasteiger partial charge in [0.15, 0.2) is 10.9 Å². The summed E-state index contributed by atoms with van der Waals surface area (Å²) in [5.74, 6) is 1.18. The number of likely N-dealkylation sites (tertiary alicyclic amines) is 1. The van der Waals surface area contributed by atoms with Crippen molar-refractivity contribution in [3.8, 4) is 11.4 Å². The van der Waals surface area contributed by atoms with Crippen LogP contribution in [-0.4, -0.2) is 56.0 Å². The van der Waals surface area contributed by atoms with Crippen LogP contribution in [0.5, 0.6) is 5.75 Å². The maximum Gasteiger partial charge on any atom is 0.276 e. The Morgan fingerprint density at radius 1 is 1.06 bits per heavy atom. The maximum absolute atomic E-state index is 13.2. The molecule has 0 radical (unpaired) electrons. The number of carbonyl (C=O) groups is 1. The van der Waals surface area contributed by atoms with Gasteiger partial charge in [-0.05, 0) is 63.4 Å². The molecule has 8 nitrogen and oxygen atoms in total. The Bertz CT molecular complexity index is 1040. The first-order valence-corrected chi connectivity index (χ1v) is 11.4. The summed E-state index contributed by atoms with van der Waals surface area (Å²) in [4.78, 5) is 24.1. The monoisotopic (exact) mass is 438 g/mol. The maximum atomic E-state index is 13.2. The molecule has 9 heteroatoms. The molecule has 31 heavy (non-hydrogen) atoms. The fraction of sp³-hybridized carbons (Fsp3) is 0.409. The van der Waals surface area contributed by atoms with E-state index in [1.807, 2.05) is 49.1 Å². The van der Waals surface area contributed by atoms with Gasteiger partial charge >= 0.3 is 0 Å². The van der Waals surface area contributed by atoms with Gasteiger partial charge in [0.2, 0.25) is 0 Å². The molecule has 0 N–H and O–H groups in total. The van der Waals surface area contributed by atoms with Crippen LogP contribution in [0.4, 0.5) is 0 Å². The smallest absolute Gasteiger partial charge is 0.276 e. The molecule has 1 aliphatic rings. The first-order valence-electron chi connectivity index (χ1n) is 10.4. The average Bonchev–Trinajstić information content (AvgIpc) is 3.21. The summed E-state index contributed by atoms with van der Waals surface area (Å²) in [5, 5.41) is 9.30. The molecule has 4 rings (SSSR count). The lowest BCUT2D eigenvalue weighted by atomic mass is 10.1. The van der Waals surface area contributed by atoms with Crippen LogP contribution in [0.1, 0.15) is 46.8 Å². The predicted octanol–water partition coefficient (Wildman–Crippen LogP) is 3.60. The molecule has 3 heterocycles. The van der Waals surface area contributed by atoms with Gasteiger partial charge in [-0.15, -0.1) is 5.10 Å². The molecule has 1 aliphatic heterocycles. The van der Waals surface area contributed by atoms with Crippen LogP contribution < -0.4 is 4.74 Å². The van der Waals surface area contributed by atoms with Gasteiger partial charge in [-0.3, -0.25) is 4.79 Å². The van der Waals surface area contributed by atoms with Crippen LogP contribution >= 0.6 is 11.8 Å². The first kappa shape index (κ1) is 21.3. The Labute approximate surface area is 186 Å². The van der Waals surface area contributed by atoms with Crippen molar-refractivity contribution in [3.63, 3.8) is 0 Å². The Morgan fingerprint density at radius 2 is 1.74 bits per heavy atom. The summed E-state index contributed by atoms with van der Waals surface area (Å²) in [6.07, 6.45) is 3.22. The highest BCUT2D eigenvalue weighted by atomic mass is 32.2. The van der Waals surface area contributed by atoms with Crippen LogP contribution in [0.15, 0.2) is 35.5 Å². The SMILES string of the molecule is COc1ccc(-n2nnc(C(=O)N3CCCCC3)c2CSc2nc(C)cc(C)n2)cc1. The highest BCUT2D eigenvalue weighted by Crippen LogP contribution is 2.26. The summed E-state index contributed by atoms with van der Waals surface area (Å²) in [6.45, 7) is 5.43. The number of rotatable bonds is 6. The summed E-state index contributed by atoms with van der Waals surface area (Å²) in [6, 6.07) is 9.49. The van der Waals surface area contributed by atoms with E-state index in [0.29, 0.717) is 16.6 Å². The molecule has 162 valence electrons. The number of piperidine rings is 1. The Morgan fingerprint density at radius 3 is 2.39 bits per heavy atom. The van der Waals surface area contributed by atoms with E-state index >= 15 is 0 Å². The summed E-state index contributed by atoms with van der Waals surface area (Å²) < 4.78 is 6.99. The van der Waals surface area contributed by atoms with E-state index in [9.17, 15) is 4.79 Å². The van der Waals surface area contributed by atoms with E-state index in [2.05, 4.69) is 20.3 Å². The number of thioether (sulfide) groups is 1. The molecule has 1 amide bonds. The summed E-state index contributed by atoms with van der Waals surface area (Å²) >= 11 is 1.48. The molecule has 2 aromatic heterocycles. The molecule has 1 saturated heterocycles. The molecule has 0 saturated carbocycles. The van der Waals surface area contributed by atoms with E-state index in [4.69, 9.17) is 4.74 Å². The van der Waals surface area contributed by atoms with Gasteiger partial charge in [-0.2, -0.15) is 0 Å². The van der Waals surface area contributed by atoms with Gasteiger partial charge < -0.3 is 9.64 Å². The lowest BCUT2D eigenvalue weighted by Gasteiger charge is -2.26. The Kier molecular flexibility index (Phi) is 6.50. The van der Waals surface area contributed by atoms with Crippen LogP contribution in [0.3, 0.4) is 0 Å². The fourth-order valence-corrected chi connectivity index (χ4v) is 4.61. The van der Waals surface area contributed by atoms with Crippen molar-refractivity contribution < 1.29 is 9.53 Å². The van der Waals surface area contributed by atoms with Crippen molar-refractivity contribution in [2.75, 3.05) is 20.2 Å². The van der Waals surface area contributed by atoms with Crippen molar-refractivity contribution in [1.29, 1.82) is 0 Å². The van der Waals surface area contributed by atoms with E-state index < -0.39 is 0 Å². The van der Waals surface area contributed by atoms with Crippen molar-refractivity contribution >= 4 is 17.7 Å². The predicted molar refractivity (Wildman–Crippen MR) is 119 cm³/mol. The normalized spacial score (nSPS) is 14.0. The van der Waals surface area contributed by atoms with Gasteiger partial charge in [-0.1, -0.05) is 17.0 Å². The largest absolute Gasteiger partial charge is 0.497 e. The molecule has 0 bridgehead atoms. The molecule has 0 aliphatic carbocycles. The lowest BCUT2D eigenvalue weighted by Crippen LogP contribution is -2.36. The molecule has 3 aromatic rings. The first-order chi connectivity index (χ1) is 15.0. The number of carbonyl (C=O) groups excluding carboxylic acids is 1. The standard InChI is InChI=1S/C22H26N6O2S/c1-15-13-16(2)24-22(23-15)31-14-19-20(21(29)27-11-5-4-6-12-27)25-26-28(19)17-7-9-18(30-3)10-8-17/h7-10,13H,4-6,11-12,14H2,1-3H3. The zero-order valence-electron chi connectivity index (χ0n) is 18.0. The number of methoxy groups -OCH3 is 1. The van der Waals surface area contributed by atoms with E-state index in [0.717, 1.165) is 60.9 Å². The number of ether oxygens (including phenoxy) is 1. The average molecular weight is 439 g/mol. The number of amides is 1. The fourth-order valence-electron chi connectivity index (χ4n) is 3.67. The minimum atomic E-state index is -0.0589. The number of aromatic nitrogens is 5. The van der Waals surface area contributed by atoms with Crippen LogP contribution in [0.2, 0.25) is 0 Å². The summed E-state index contributed by atoms with van der Waals surface area (Å²) in [7, 11) is 1.63. The topological polar surface area (TPSA) is 86.0 Å². The second-order valence-corrected chi connectivity index (χ2v) is 8.51. The van der Waals surface area contributed by atoms with Crippen molar-refractivity contribution in [3.05, 3.63) is 53.1 Å². The number of aryl methyl sites for hydroxylation is 2. The highest BCUT2D eigenvalue weighted by Gasteiger charge is 2.26. The van der Waals surface area contributed by atoms with Gasteiger partial charge in [0.25, 0.3) is 5.91 Å². The minimum absolute atomic E-state index is 0.0589. The van der Waals surface area contributed by atoms with Crippen molar-refractivity contribution in [1.82, 2.24) is 29.9 Å². The second kappa shape index (κ2) is 9.47. The van der Waals surface area contributed by atoms with Crippen LogP contribution in [0.25, 0.3) is 5.69 Å². The second-order valence-electron chi connectivity index (χ2n) is 7.57. The van der Waals surface area contributed by atoms with Gasteiger partial charge in [-0.25, -0.2) is 14.6 Å². The lowest BCUT2D eigenvalue weighted by molar-refractivity contribution is 0.0717. The third-order valence-corrected chi connectivity index (χ3v) is 6.08. The highest BCUT2D eigenvalue weighted by molar-refractivity contribution is 7.98. The van der Waals surface area contributed by atoms with E-state index in [1.165, 1.54) is 11.8 Å². The number of benzene rings is 1. The zero-order chi connectivity index (χ0) is 21.8. The van der Waals surface area contributed by atoms with Gasteiger partial charge in [0.05, 0.1) is 18.5 Å². The number of nitrogens with zero attached hydrogens (tertiary/aromatic N) is 6. The van der Waals surface area contributed by atoms with Crippen molar-refractivity contribution in [2.45, 2.75) is 44.0 Å². The number of hydrogen-bond donors (Lipinski definition) is 0. The molecule has 1 fully saturated rings. The molecule has 0 unspecified atom stereocenters. The Balaban J connectivity index is 1.67. The van der Waals surface area contributed by atoms with Crippen LogP contribution in [-0.2, 0) is 5.75 Å². The third-order valence-electron chi connectivity index (χ3n) is 5.23. The molecule has 1 aromatic carbocycles. The third kappa shape index (κ3) is 4.87. The zero-order valence-corrected chi connectivity index (χ0v) is 18.9. The minimum Gasteiger partial charge on any atom is -0.497 e. The molecular weight excluding hydrogens is 412 g/mol. The van der Waals surface area contributed by atoms with E-state index in [1.54, 1.807) is 11.8 Å². The number of hydrogen-bond acceptors (Lipinski definition) is 7. The quantitative estimate of drug-likeness (QED) is 0.429.